The molecule has 1 aromatic rings. The van der Waals surface area contributed by atoms with Crippen LogP contribution in [0.3, 0.4) is 0 Å². The Balaban J connectivity index is 3.18. The third-order valence-electron chi connectivity index (χ3n) is 2.10. The van der Waals surface area contributed by atoms with Gasteiger partial charge in [-0.25, -0.2) is 9.59 Å². The molecule has 0 amide bonds. The van der Waals surface area contributed by atoms with Crippen molar-refractivity contribution in [2.45, 2.75) is 0 Å². The van der Waals surface area contributed by atoms with E-state index in [1.807, 2.05) is 0 Å². The molecule has 1 aromatic carbocycles. The van der Waals surface area contributed by atoms with Gasteiger partial charge >= 0.3 is 11.9 Å². The maximum absolute atomic E-state index is 11.4. The summed E-state index contributed by atoms with van der Waals surface area (Å²) in [5, 5.41) is 2.76. The van der Waals surface area contributed by atoms with E-state index in [0.29, 0.717) is 5.56 Å². The molecule has 18 heavy (non-hydrogen) atoms. The minimum Gasteiger partial charge on any atom is -0.465 e. The Morgan fingerprint density at radius 3 is 2.28 bits per heavy atom. The minimum absolute atomic E-state index is 0.192. The second kappa shape index (κ2) is 6.29. The van der Waals surface area contributed by atoms with Gasteiger partial charge in [0.15, 0.2) is 0 Å². The van der Waals surface area contributed by atoms with Gasteiger partial charge in [0.25, 0.3) is 0 Å². The summed E-state index contributed by atoms with van der Waals surface area (Å²) < 4.78 is 8.94. The average Bonchev–Trinajstić information content (AvgIpc) is 2.43. The lowest BCUT2D eigenvalue weighted by molar-refractivity contribution is -0.143. The summed E-state index contributed by atoms with van der Waals surface area (Å²) >= 11 is 0. The molecule has 0 heterocycles. The molecular weight excluding hydrogens is 238 g/mol. The topological polar surface area (TPSA) is 82.0 Å². The zero-order valence-electron chi connectivity index (χ0n) is 9.88. The zero-order valence-corrected chi connectivity index (χ0v) is 9.88. The Labute approximate surface area is 103 Å². The molecular formula is C12H11NO5. The fourth-order valence-electron chi connectivity index (χ4n) is 1.26. The highest BCUT2D eigenvalue weighted by molar-refractivity contribution is 6.17. The van der Waals surface area contributed by atoms with Gasteiger partial charge in [0.1, 0.15) is 11.3 Å². The predicted molar refractivity (Wildman–Crippen MR) is 63.9 cm³/mol. The molecule has 0 fully saturated rings. The van der Waals surface area contributed by atoms with E-state index in [9.17, 15) is 14.5 Å². The molecule has 94 valence electrons. The van der Waals surface area contributed by atoms with Gasteiger partial charge < -0.3 is 9.47 Å². The van der Waals surface area contributed by atoms with Crippen molar-refractivity contribution in [2.24, 2.45) is 5.18 Å². The molecule has 0 aromatic heterocycles. The Kier molecular flexibility index (Phi) is 4.74. The van der Waals surface area contributed by atoms with E-state index in [-0.39, 0.29) is 11.3 Å². The summed E-state index contributed by atoms with van der Waals surface area (Å²) in [7, 11) is 2.31. The van der Waals surface area contributed by atoms with Crippen LogP contribution in [0.15, 0.2) is 35.0 Å². The maximum Gasteiger partial charge on any atom is 0.345 e. The van der Waals surface area contributed by atoms with Gasteiger partial charge in [-0.3, -0.25) is 0 Å². The number of carbonyl (C=O) groups is 2. The number of nitrogens with zero attached hydrogens (tertiary/aromatic N) is 1. The molecule has 0 spiro atoms. The third kappa shape index (κ3) is 3.24. The number of methoxy groups -OCH3 is 2. The van der Waals surface area contributed by atoms with Gasteiger partial charge in [0.2, 0.25) is 0 Å². The van der Waals surface area contributed by atoms with Crippen LogP contribution < -0.4 is 0 Å². The van der Waals surface area contributed by atoms with Crippen molar-refractivity contribution in [3.05, 3.63) is 40.3 Å². The first-order chi connectivity index (χ1) is 8.62. The van der Waals surface area contributed by atoms with E-state index in [4.69, 9.17) is 0 Å². The third-order valence-corrected chi connectivity index (χ3v) is 2.10. The lowest BCUT2D eigenvalue weighted by Gasteiger charge is -2.03. The number of esters is 2. The van der Waals surface area contributed by atoms with Crippen molar-refractivity contribution in [3.8, 4) is 0 Å². The van der Waals surface area contributed by atoms with Crippen molar-refractivity contribution >= 4 is 23.7 Å². The Morgan fingerprint density at radius 1 is 1.17 bits per heavy atom. The van der Waals surface area contributed by atoms with Crippen LogP contribution >= 0.6 is 0 Å². The summed E-state index contributed by atoms with van der Waals surface area (Å²) in [6.45, 7) is 0. The maximum atomic E-state index is 11.4. The smallest absolute Gasteiger partial charge is 0.345 e. The lowest BCUT2D eigenvalue weighted by atomic mass is 10.1. The first kappa shape index (κ1) is 13.6. The molecule has 0 bridgehead atoms. The largest absolute Gasteiger partial charge is 0.465 e. The minimum atomic E-state index is -0.814. The molecule has 0 atom stereocenters. The van der Waals surface area contributed by atoms with Crippen LogP contribution in [0.25, 0.3) is 6.08 Å². The lowest BCUT2D eigenvalue weighted by Crippen LogP contribution is -2.15. The van der Waals surface area contributed by atoms with Crippen LogP contribution in [0.5, 0.6) is 0 Å². The van der Waals surface area contributed by atoms with Crippen molar-refractivity contribution in [1.82, 2.24) is 0 Å². The molecule has 0 N–H and O–H groups in total. The van der Waals surface area contributed by atoms with E-state index in [0.717, 1.165) is 14.2 Å². The van der Waals surface area contributed by atoms with Crippen LogP contribution in [-0.4, -0.2) is 26.2 Å². The van der Waals surface area contributed by atoms with Crippen LogP contribution in [0.1, 0.15) is 5.56 Å². The van der Waals surface area contributed by atoms with Gasteiger partial charge in [0, 0.05) is 0 Å². The molecule has 0 saturated carbocycles. The molecule has 1 rings (SSSR count). The number of hydrogen-bond donors (Lipinski definition) is 0. The molecule has 6 heteroatoms. The van der Waals surface area contributed by atoms with E-state index in [2.05, 4.69) is 14.7 Å². The highest BCUT2D eigenvalue weighted by Gasteiger charge is 2.19. The van der Waals surface area contributed by atoms with Gasteiger partial charge in [0.05, 0.1) is 14.2 Å². The van der Waals surface area contributed by atoms with Gasteiger partial charge in [-0.1, -0.05) is 12.1 Å². The summed E-state index contributed by atoms with van der Waals surface area (Å²) in [4.78, 5) is 33.2. The SMILES string of the molecule is COC(=O)C(=Cc1cccc(N=O)c1)C(=O)OC. The van der Waals surface area contributed by atoms with E-state index in [1.54, 1.807) is 12.1 Å². The molecule has 0 unspecified atom stereocenters. The Morgan fingerprint density at radius 2 is 1.78 bits per heavy atom. The summed E-state index contributed by atoms with van der Waals surface area (Å²) in [6, 6.07) is 6.12. The second-order valence-electron chi connectivity index (χ2n) is 3.23. The number of ether oxygens (including phenoxy) is 2. The summed E-state index contributed by atoms with van der Waals surface area (Å²) in [6.07, 6.45) is 1.27. The standard InChI is InChI=1S/C12H11NO5/c1-17-11(14)10(12(15)18-2)7-8-4-3-5-9(6-8)13-16/h3-7H,1-2H3. The molecule has 0 radical (unpaired) electrons. The average molecular weight is 249 g/mol. The predicted octanol–water partition coefficient (Wildman–Crippen LogP) is 1.81. The Bertz CT molecular complexity index is 489. The van der Waals surface area contributed by atoms with Crippen LogP contribution in [0.2, 0.25) is 0 Å². The molecule has 0 saturated heterocycles. The molecule has 6 nitrogen and oxygen atoms in total. The molecule has 0 aliphatic carbocycles. The fraction of sp³-hybridized carbons (Fsp3) is 0.167. The van der Waals surface area contributed by atoms with Gasteiger partial charge in [-0.15, -0.1) is 4.91 Å². The number of nitroso groups, excluding NO2 is 1. The number of benzene rings is 1. The number of hydrogen-bond acceptors (Lipinski definition) is 6. The molecule has 0 aliphatic rings. The number of rotatable bonds is 4. The number of carbonyl (C=O) groups excluding carboxylic acids is 2. The Hall–Kier alpha value is -2.50. The van der Waals surface area contributed by atoms with Gasteiger partial charge in [-0.2, -0.15) is 0 Å². The summed E-state index contributed by atoms with van der Waals surface area (Å²) in [5.41, 5.74) is 0.402. The van der Waals surface area contributed by atoms with E-state index < -0.39 is 11.9 Å². The van der Waals surface area contributed by atoms with Crippen LogP contribution in [-0.2, 0) is 19.1 Å². The normalized spacial score (nSPS) is 9.22. The van der Waals surface area contributed by atoms with Gasteiger partial charge in [-0.05, 0) is 28.9 Å². The summed E-state index contributed by atoms with van der Waals surface area (Å²) in [5.74, 6) is -1.63. The van der Waals surface area contributed by atoms with Crippen molar-refractivity contribution in [1.29, 1.82) is 0 Å². The zero-order chi connectivity index (χ0) is 13.5. The highest BCUT2D eigenvalue weighted by atomic mass is 16.5. The highest BCUT2D eigenvalue weighted by Crippen LogP contribution is 2.16. The monoisotopic (exact) mass is 249 g/mol. The van der Waals surface area contributed by atoms with Crippen molar-refractivity contribution in [3.63, 3.8) is 0 Å². The van der Waals surface area contributed by atoms with Crippen LogP contribution in [0, 0.1) is 4.91 Å². The second-order valence-corrected chi connectivity index (χ2v) is 3.23. The van der Waals surface area contributed by atoms with E-state index >= 15 is 0 Å². The van der Waals surface area contributed by atoms with Crippen LogP contribution in [0.4, 0.5) is 5.69 Å². The fourth-order valence-corrected chi connectivity index (χ4v) is 1.26. The molecule has 0 aliphatic heterocycles. The van der Waals surface area contributed by atoms with E-state index in [1.165, 1.54) is 18.2 Å². The first-order valence-corrected chi connectivity index (χ1v) is 4.94. The quantitative estimate of drug-likeness (QED) is 0.267. The van der Waals surface area contributed by atoms with Crippen molar-refractivity contribution < 1.29 is 19.1 Å². The van der Waals surface area contributed by atoms with Crippen molar-refractivity contribution in [2.75, 3.05) is 14.2 Å². The first-order valence-electron chi connectivity index (χ1n) is 4.94.